The summed E-state index contributed by atoms with van der Waals surface area (Å²) >= 11 is 0. The molecule has 0 amide bonds. The average Bonchev–Trinajstić information content (AvgIpc) is 1.79. The minimum atomic E-state index is -0.809. The van der Waals surface area contributed by atoms with Gasteiger partial charge in [-0.15, -0.1) is 0 Å². The summed E-state index contributed by atoms with van der Waals surface area (Å²) in [6, 6.07) is 0. The predicted molar refractivity (Wildman–Crippen MR) is 39.3 cm³/mol. The van der Waals surface area contributed by atoms with Crippen LogP contribution in [0.2, 0.25) is 0 Å². The minimum Gasteiger partial charge on any atom is -0.481 e. The summed E-state index contributed by atoms with van der Waals surface area (Å²) in [5.74, 6) is -0.809. The highest BCUT2D eigenvalue weighted by Crippen LogP contribution is 1.79. The number of hydrogen-bond donors (Lipinski definition) is 1. The second-order valence-electron chi connectivity index (χ2n) is 2.13. The number of rotatable bonds is 4. The first-order valence-electron chi connectivity index (χ1n) is 3.01. The third kappa shape index (κ3) is 6.94. The highest BCUT2D eigenvalue weighted by Gasteiger charge is 1.91. The first-order valence-corrected chi connectivity index (χ1v) is 3.01. The van der Waals surface area contributed by atoms with E-state index in [0.717, 1.165) is 0 Å². The van der Waals surface area contributed by atoms with Gasteiger partial charge in [0.05, 0.1) is 19.3 Å². The zero-order valence-corrected chi connectivity index (χ0v) is 6.24. The molecular weight excluding hydrogens is 132 g/mol. The fourth-order valence-electron chi connectivity index (χ4n) is 0.381. The lowest BCUT2D eigenvalue weighted by Gasteiger charge is -2.00. The first kappa shape index (κ1) is 8.94. The number of carboxylic acid groups (broad SMARTS) is 1. The molecule has 0 aromatic rings. The van der Waals surface area contributed by atoms with Gasteiger partial charge in [0, 0.05) is 14.1 Å². The van der Waals surface area contributed by atoms with Gasteiger partial charge in [0.25, 0.3) is 0 Å². The van der Waals surface area contributed by atoms with Crippen molar-refractivity contribution in [3.05, 3.63) is 0 Å². The Hall–Kier alpha value is -1.06. The van der Waals surface area contributed by atoms with E-state index in [2.05, 4.69) is 4.99 Å². The molecule has 0 aliphatic carbocycles. The van der Waals surface area contributed by atoms with Crippen molar-refractivity contribution in [3.63, 3.8) is 0 Å². The van der Waals surface area contributed by atoms with E-state index in [1.807, 2.05) is 14.1 Å². The summed E-state index contributed by atoms with van der Waals surface area (Å²) in [6.45, 7) is 0.355. The van der Waals surface area contributed by atoms with Crippen LogP contribution in [-0.2, 0) is 4.79 Å². The van der Waals surface area contributed by atoms with Crippen molar-refractivity contribution in [2.75, 3.05) is 20.6 Å². The maximum absolute atomic E-state index is 9.96. The molecule has 0 aliphatic heterocycles. The molecule has 0 rings (SSSR count). The van der Waals surface area contributed by atoms with Crippen molar-refractivity contribution in [1.82, 2.24) is 4.90 Å². The predicted octanol–water partition coefficient (Wildman–Crippen LogP) is 0.0510. The Bertz CT molecular complexity index is 132. The zero-order chi connectivity index (χ0) is 7.98. The van der Waals surface area contributed by atoms with E-state index < -0.39 is 5.97 Å². The van der Waals surface area contributed by atoms with Gasteiger partial charge in [-0.05, 0) is 0 Å². The molecule has 0 radical (unpaired) electrons. The second-order valence-corrected chi connectivity index (χ2v) is 2.13. The normalized spacial score (nSPS) is 10.2. The van der Waals surface area contributed by atoms with E-state index in [9.17, 15) is 4.79 Å². The van der Waals surface area contributed by atoms with Crippen molar-refractivity contribution in [2.24, 2.45) is 4.99 Å². The van der Waals surface area contributed by atoms with Crippen molar-refractivity contribution in [2.45, 2.75) is 6.42 Å². The summed E-state index contributed by atoms with van der Waals surface area (Å²) < 4.78 is 0. The van der Waals surface area contributed by atoms with Gasteiger partial charge in [-0.25, -0.2) is 0 Å². The van der Waals surface area contributed by atoms with E-state index in [4.69, 9.17) is 5.11 Å². The molecule has 0 bridgehead atoms. The molecule has 0 saturated heterocycles. The molecule has 4 nitrogen and oxygen atoms in total. The summed E-state index contributed by atoms with van der Waals surface area (Å²) in [5.41, 5.74) is 0. The Morgan fingerprint density at radius 2 is 2.30 bits per heavy atom. The molecular formula is C6H12N2O2. The van der Waals surface area contributed by atoms with E-state index in [1.54, 1.807) is 11.2 Å². The van der Waals surface area contributed by atoms with E-state index in [0.29, 0.717) is 6.54 Å². The maximum Gasteiger partial charge on any atom is 0.305 e. The monoisotopic (exact) mass is 144 g/mol. The third-order valence-electron chi connectivity index (χ3n) is 0.767. The fraction of sp³-hybridized carbons (Fsp3) is 0.667. The number of nitrogens with zero attached hydrogens (tertiary/aromatic N) is 2. The molecule has 0 atom stereocenters. The molecule has 10 heavy (non-hydrogen) atoms. The van der Waals surface area contributed by atoms with Crippen LogP contribution in [0, 0.1) is 0 Å². The van der Waals surface area contributed by atoms with Crippen LogP contribution in [0.5, 0.6) is 0 Å². The van der Waals surface area contributed by atoms with Crippen LogP contribution in [0.25, 0.3) is 0 Å². The number of aliphatic carboxylic acids is 1. The Labute approximate surface area is 60.2 Å². The number of aliphatic imine (C=N–C) groups is 1. The SMILES string of the molecule is CN(C)/C=N\CCC(=O)O. The van der Waals surface area contributed by atoms with Crippen molar-refractivity contribution < 1.29 is 9.90 Å². The van der Waals surface area contributed by atoms with Crippen molar-refractivity contribution >= 4 is 12.3 Å². The van der Waals surface area contributed by atoms with Crippen LogP contribution in [0.15, 0.2) is 4.99 Å². The summed E-state index contributed by atoms with van der Waals surface area (Å²) in [4.78, 5) is 15.6. The Kier molecular flexibility index (Phi) is 4.28. The number of carbonyl (C=O) groups is 1. The molecule has 0 aromatic heterocycles. The molecule has 0 unspecified atom stereocenters. The number of hydrogen-bond acceptors (Lipinski definition) is 2. The van der Waals surface area contributed by atoms with Gasteiger partial charge in [0.15, 0.2) is 0 Å². The molecule has 0 heterocycles. The Morgan fingerprint density at radius 3 is 2.70 bits per heavy atom. The first-order chi connectivity index (χ1) is 4.63. The average molecular weight is 144 g/mol. The van der Waals surface area contributed by atoms with Crippen LogP contribution < -0.4 is 0 Å². The molecule has 0 aromatic carbocycles. The number of carboxylic acids is 1. The standard InChI is InChI=1S/C6H12N2O2/c1-8(2)5-7-4-3-6(9)10/h5H,3-4H2,1-2H3,(H,9,10)/b7-5-. The van der Waals surface area contributed by atoms with Gasteiger partial charge in [0.2, 0.25) is 0 Å². The summed E-state index contributed by atoms with van der Waals surface area (Å²) in [5, 5.41) is 8.19. The van der Waals surface area contributed by atoms with E-state index in [-0.39, 0.29) is 6.42 Å². The molecule has 4 heteroatoms. The molecule has 0 fully saturated rings. The lowest BCUT2D eigenvalue weighted by Crippen LogP contribution is -2.08. The molecule has 0 saturated carbocycles. The molecule has 58 valence electrons. The molecule has 0 spiro atoms. The van der Waals surface area contributed by atoms with Gasteiger partial charge >= 0.3 is 5.97 Å². The maximum atomic E-state index is 9.96. The quantitative estimate of drug-likeness (QED) is 0.448. The van der Waals surface area contributed by atoms with Crippen molar-refractivity contribution in [1.29, 1.82) is 0 Å². The fourth-order valence-corrected chi connectivity index (χ4v) is 0.381. The highest BCUT2D eigenvalue weighted by atomic mass is 16.4. The second kappa shape index (κ2) is 4.78. The summed E-state index contributed by atoms with van der Waals surface area (Å²) in [7, 11) is 3.68. The van der Waals surface area contributed by atoms with Crippen LogP contribution in [0.3, 0.4) is 0 Å². The Morgan fingerprint density at radius 1 is 1.70 bits per heavy atom. The van der Waals surface area contributed by atoms with Crippen LogP contribution in [0.1, 0.15) is 6.42 Å². The van der Waals surface area contributed by atoms with Gasteiger partial charge in [0.1, 0.15) is 0 Å². The molecule has 0 aliphatic rings. The van der Waals surface area contributed by atoms with Crippen LogP contribution in [0.4, 0.5) is 0 Å². The van der Waals surface area contributed by atoms with Crippen molar-refractivity contribution in [3.8, 4) is 0 Å². The Balaban J connectivity index is 3.27. The van der Waals surface area contributed by atoms with Gasteiger partial charge in [-0.3, -0.25) is 9.79 Å². The lowest BCUT2D eigenvalue weighted by atomic mass is 10.4. The van der Waals surface area contributed by atoms with E-state index in [1.165, 1.54) is 0 Å². The zero-order valence-electron chi connectivity index (χ0n) is 6.24. The lowest BCUT2D eigenvalue weighted by molar-refractivity contribution is -0.136. The minimum absolute atomic E-state index is 0.102. The van der Waals surface area contributed by atoms with Crippen LogP contribution in [-0.4, -0.2) is 43.0 Å². The molecule has 1 N–H and O–H groups in total. The van der Waals surface area contributed by atoms with Gasteiger partial charge in [-0.1, -0.05) is 0 Å². The van der Waals surface area contributed by atoms with Crippen LogP contribution >= 0.6 is 0 Å². The largest absolute Gasteiger partial charge is 0.481 e. The summed E-state index contributed by atoms with van der Waals surface area (Å²) in [6.07, 6.45) is 1.70. The smallest absolute Gasteiger partial charge is 0.305 e. The van der Waals surface area contributed by atoms with E-state index >= 15 is 0 Å². The topological polar surface area (TPSA) is 52.9 Å². The van der Waals surface area contributed by atoms with Gasteiger partial charge < -0.3 is 10.0 Å². The van der Waals surface area contributed by atoms with Gasteiger partial charge in [-0.2, -0.15) is 0 Å². The third-order valence-corrected chi connectivity index (χ3v) is 0.767. The highest BCUT2D eigenvalue weighted by molar-refractivity contribution is 5.67.